The van der Waals surface area contributed by atoms with E-state index in [2.05, 4.69) is 4.72 Å². The number of sulfonamides is 1. The molecule has 0 saturated heterocycles. The van der Waals surface area contributed by atoms with Gasteiger partial charge >= 0.3 is 4.87 Å². The zero-order chi connectivity index (χ0) is 17.3. The van der Waals surface area contributed by atoms with Crippen molar-refractivity contribution in [3.63, 3.8) is 0 Å². The molecule has 0 unspecified atom stereocenters. The van der Waals surface area contributed by atoms with Crippen molar-refractivity contribution in [2.75, 3.05) is 0 Å². The number of rotatable bonds is 5. The predicted octanol–water partition coefficient (Wildman–Crippen LogP) is 3.12. The molecule has 0 aliphatic rings. The summed E-state index contributed by atoms with van der Waals surface area (Å²) in [7, 11) is -3.66. The third-order valence-corrected chi connectivity index (χ3v) is 6.38. The molecule has 0 radical (unpaired) electrons. The Hall–Kier alpha value is -1.96. The Kier molecular flexibility index (Phi) is 4.58. The van der Waals surface area contributed by atoms with E-state index in [0.29, 0.717) is 11.2 Å². The Morgan fingerprint density at radius 1 is 1.17 bits per heavy atom. The second kappa shape index (κ2) is 6.51. The van der Waals surface area contributed by atoms with Crippen LogP contribution in [0.25, 0.3) is 10.2 Å². The van der Waals surface area contributed by atoms with Gasteiger partial charge in [0.1, 0.15) is 0 Å². The molecule has 1 N–H and O–H groups in total. The molecule has 24 heavy (non-hydrogen) atoms. The highest BCUT2D eigenvalue weighted by molar-refractivity contribution is 7.89. The molecule has 3 aromatic rings. The predicted molar refractivity (Wildman–Crippen MR) is 96.9 cm³/mol. The third-order valence-electron chi connectivity index (χ3n) is 3.90. The molecule has 0 aliphatic carbocycles. The van der Waals surface area contributed by atoms with Gasteiger partial charge in [-0.05, 0) is 37.6 Å². The van der Waals surface area contributed by atoms with Crippen LogP contribution in [0.2, 0.25) is 0 Å². The first-order valence-electron chi connectivity index (χ1n) is 7.63. The van der Waals surface area contributed by atoms with Crippen molar-refractivity contribution in [2.24, 2.45) is 0 Å². The summed E-state index contributed by atoms with van der Waals surface area (Å²) in [4.78, 5) is 12.0. The second-order valence-electron chi connectivity index (χ2n) is 5.50. The number of thiazole rings is 1. The normalized spacial score (nSPS) is 13.2. The average Bonchev–Trinajstić information content (AvgIpc) is 2.89. The summed E-state index contributed by atoms with van der Waals surface area (Å²) in [5.74, 6) is 0. The highest BCUT2D eigenvalue weighted by atomic mass is 32.2. The minimum Gasteiger partial charge on any atom is -0.299 e. The summed E-state index contributed by atoms with van der Waals surface area (Å²) < 4.78 is 30.3. The molecule has 0 bridgehead atoms. The average molecular weight is 362 g/mol. The molecular weight excluding hydrogens is 344 g/mol. The van der Waals surface area contributed by atoms with Crippen LogP contribution in [0.3, 0.4) is 0 Å². The van der Waals surface area contributed by atoms with Gasteiger partial charge in [-0.3, -0.25) is 9.36 Å². The fourth-order valence-electron chi connectivity index (χ4n) is 2.62. The highest BCUT2D eigenvalue weighted by Gasteiger charge is 2.19. The molecule has 1 heterocycles. The van der Waals surface area contributed by atoms with Crippen LogP contribution in [0.15, 0.2) is 58.2 Å². The van der Waals surface area contributed by atoms with Gasteiger partial charge in [-0.15, -0.1) is 0 Å². The lowest BCUT2D eigenvalue weighted by molar-refractivity contribution is 0.567. The van der Waals surface area contributed by atoms with Crippen LogP contribution in [-0.4, -0.2) is 13.0 Å². The lowest BCUT2D eigenvalue weighted by Crippen LogP contribution is -2.26. The lowest BCUT2D eigenvalue weighted by atomic mass is 10.1. The Balaban J connectivity index is 1.95. The summed E-state index contributed by atoms with van der Waals surface area (Å²) >= 11 is 1.06. The smallest absolute Gasteiger partial charge is 0.299 e. The van der Waals surface area contributed by atoms with E-state index in [9.17, 15) is 13.2 Å². The molecular formula is C17H18N2O3S2. The minimum atomic E-state index is -3.66. The summed E-state index contributed by atoms with van der Waals surface area (Å²) in [6, 6.07) is 13.8. The van der Waals surface area contributed by atoms with E-state index in [4.69, 9.17) is 0 Å². The van der Waals surface area contributed by atoms with Crippen molar-refractivity contribution in [3.05, 3.63) is 63.8 Å². The zero-order valence-electron chi connectivity index (χ0n) is 13.4. The first-order valence-corrected chi connectivity index (χ1v) is 9.93. The van der Waals surface area contributed by atoms with Crippen LogP contribution in [0, 0.1) is 0 Å². The summed E-state index contributed by atoms with van der Waals surface area (Å²) in [5, 5.41) is 0. The van der Waals surface area contributed by atoms with Gasteiger partial charge in [-0.25, -0.2) is 13.1 Å². The standard InChI is InChI=1S/C17H18N2O3S2/c1-3-19-15-10-9-14(11-16(15)23-17(19)20)24(21,22)18-12(2)13-7-5-4-6-8-13/h4-12,18H,3H2,1-2H3/t12-/m1/s1. The van der Waals surface area contributed by atoms with Crippen LogP contribution in [-0.2, 0) is 16.6 Å². The molecule has 7 heteroatoms. The van der Waals surface area contributed by atoms with Gasteiger partial charge in [-0.1, -0.05) is 41.7 Å². The first kappa shape index (κ1) is 16.9. The number of benzene rings is 2. The fraction of sp³-hybridized carbons (Fsp3) is 0.235. The van der Waals surface area contributed by atoms with E-state index in [1.807, 2.05) is 37.3 Å². The van der Waals surface area contributed by atoms with Gasteiger partial charge in [0.2, 0.25) is 10.0 Å². The molecule has 126 valence electrons. The zero-order valence-corrected chi connectivity index (χ0v) is 15.0. The number of nitrogens with one attached hydrogen (secondary N) is 1. The number of aromatic nitrogens is 1. The van der Waals surface area contributed by atoms with Gasteiger partial charge in [-0.2, -0.15) is 0 Å². The maximum Gasteiger partial charge on any atom is 0.308 e. The van der Waals surface area contributed by atoms with Crippen molar-refractivity contribution >= 4 is 31.6 Å². The molecule has 1 aromatic heterocycles. The SMILES string of the molecule is CCn1c(=O)sc2cc(S(=O)(=O)N[C@H](C)c3ccccc3)ccc21. The van der Waals surface area contributed by atoms with Gasteiger partial charge in [0.25, 0.3) is 0 Å². The van der Waals surface area contributed by atoms with Gasteiger partial charge < -0.3 is 0 Å². The Labute approximate surface area is 144 Å². The molecule has 0 saturated carbocycles. The van der Waals surface area contributed by atoms with Crippen LogP contribution in [0.4, 0.5) is 0 Å². The summed E-state index contributed by atoms with van der Waals surface area (Å²) in [5.41, 5.74) is 1.66. The number of hydrogen-bond donors (Lipinski definition) is 1. The van der Waals surface area contributed by atoms with E-state index in [0.717, 1.165) is 22.4 Å². The van der Waals surface area contributed by atoms with E-state index in [-0.39, 0.29) is 15.8 Å². The maximum absolute atomic E-state index is 12.6. The second-order valence-corrected chi connectivity index (χ2v) is 8.20. The Morgan fingerprint density at radius 3 is 2.54 bits per heavy atom. The van der Waals surface area contributed by atoms with Crippen molar-refractivity contribution in [1.29, 1.82) is 0 Å². The molecule has 3 rings (SSSR count). The topological polar surface area (TPSA) is 68.2 Å². The molecule has 5 nitrogen and oxygen atoms in total. The van der Waals surface area contributed by atoms with Crippen molar-refractivity contribution in [3.8, 4) is 0 Å². The Bertz CT molecular complexity index is 1020. The monoisotopic (exact) mass is 362 g/mol. The van der Waals surface area contributed by atoms with Gasteiger partial charge in [0, 0.05) is 12.6 Å². The Morgan fingerprint density at radius 2 is 1.88 bits per heavy atom. The van der Waals surface area contributed by atoms with Crippen LogP contribution >= 0.6 is 11.3 Å². The van der Waals surface area contributed by atoms with Gasteiger partial charge in [0.15, 0.2) is 0 Å². The first-order chi connectivity index (χ1) is 11.4. The van der Waals surface area contributed by atoms with Crippen LogP contribution < -0.4 is 9.60 Å². The molecule has 2 aromatic carbocycles. The lowest BCUT2D eigenvalue weighted by Gasteiger charge is -2.14. The van der Waals surface area contributed by atoms with E-state index >= 15 is 0 Å². The van der Waals surface area contributed by atoms with Crippen molar-refractivity contribution < 1.29 is 8.42 Å². The van der Waals surface area contributed by atoms with Gasteiger partial charge in [0.05, 0.1) is 15.1 Å². The fourth-order valence-corrected chi connectivity index (χ4v) is 4.95. The maximum atomic E-state index is 12.6. The number of aryl methyl sites for hydroxylation is 1. The van der Waals surface area contributed by atoms with Crippen LogP contribution in [0.1, 0.15) is 25.5 Å². The number of nitrogens with zero attached hydrogens (tertiary/aromatic N) is 1. The van der Waals surface area contributed by atoms with Crippen molar-refractivity contribution in [2.45, 2.75) is 31.3 Å². The minimum absolute atomic E-state index is 0.0762. The molecule has 0 spiro atoms. The third kappa shape index (κ3) is 3.15. The number of fused-ring (bicyclic) bond motifs is 1. The van der Waals surface area contributed by atoms with E-state index in [1.165, 1.54) is 0 Å². The van der Waals surface area contributed by atoms with E-state index < -0.39 is 10.0 Å². The summed E-state index contributed by atoms with van der Waals surface area (Å²) in [6.07, 6.45) is 0. The molecule has 1 atom stereocenters. The van der Waals surface area contributed by atoms with Crippen molar-refractivity contribution in [1.82, 2.24) is 9.29 Å². The molecule has 0 amide bonds. The van der Waals surface area contributed by atoms with E-state index in [1.54, 1.807) is 29.7 Å². The molecule has 0 fully saturated rings. The summed E-state index contributed by atoms with van der Waals surface area (Å²) in [6.45, 7) is 4.26. The highest BCUT2D eigenvalue weighted by Crippen LogP contribution is 2.23. The van der Waals surface area contributed by atoms with Crippen LogP contribution in [0.5, 0.6) is 0 Å². The largest absolute Gasteiger partial charge is 0.308 e. The molecule has 0 aliphatic heterocycles. The quantitative estimate of drug-likeness (QED) is 0.758. The number of hydrogen-bond acceptors (Lipinski definition) is 4.